The molecule has 1 aliphatic rings. The number of nitrogens with zero attached hydrogens (tertiary/aromatic N) is 3. The molecule has 26 heavy (non-hydrogen) atoms. The number of imidazole rings is 1. The lowest BCUT2D eigenvalue weighted by molar-refractivity contribution is 0.0937. The van der Waals surface area contributed by atoms with Crippen LogP contribution in [-0.2, 0) is 6.54 Å². The summed E-state index contributed by atoms with van der Waals surface area (Å²) >= 11 is 0. The van der Waals surface area contributed by atoms with Crippen molar-refractivity contribution in [1.29, 1.82) is 0 Å². The fourth-order valence-electron chi connectivity index (χ4n) is 3.81. The van der Waals surface area contributed by atoms with Crippen LogP contribution in [0.3, 0.4) is 0 Å². The summed E-state index contributed by atoms with van der Waals surface area (Å²) in [6.07, 6.45) is 6.36. The molecule has 0 aliphatic carbocycles. The fraction of sp³-hybridized carbons (Fsp3) is 0.333. The van der Waals surface area contributed by atoms with Crippen LogP contribution in [0.4, 0.5) is 0 Å². The van der Waals surface area contributed by atoms with Crippen molar-refractivity contribution in [2.24, 2.45) is 0 Å². The van der Waals surface area contributed by atoms with Gasteiger partial charge in [-0.05, 0) is 38.0 Å². The van der Waals surface area contributed by atoms with Crippen LogP contribution in [0.15, 0.2) is 61.1 Å². The van der Waals surface area contributed by atoms with E-state index >= 15 is 0 Å². The van der Waals surface area contributed by atoms with E-state index in [1.165, 1.54) is 5.56 Å². The largest absolute Gasteiger partial charge is 0.348 e. The second kappa shape index (κ2) is 6.57. The quantitative estimate of drug-likeness (QED) is 0.788. The third-order valence-electron chi connectivity index (χ3n) is 5.25. The number of benzene rings is 1. The molecule has 134 valence electrons. The van der Waals surface area contributed by atoms with Gasteiger partial charge in [0.05, 0.1) is 5.56 Å². The van der Waals surface area contributed by atoms with Gasteiger partial charge in [0.1, 0.15) is 5.65 Å². The van der Waals surface area contributed by atoms with E-state index in [0.717, 1.165) is 25.2 Å². The molecule has 1 atom stereocenters. The van der Waals surface area contributed by atoms with Gasteiger partial charge in [0, 0.05) is 43.3 Å². The van der Waals surface area contributed by atoms with Crippen molar-refractivity contribution in [3.05, 3.63) is 72.2 Å². The Morgan fingerprint density at radius 2 is 2.04 bits per heavy atom. The summed E-state index contributed by atoms with van der Waals surface area (Å²) in [5.41, 5.74) is 2.87. The van der Waals surface area contributed by atoms with Gasteiger partial charge in [0.25, 0.3) is 5.91 Å². The van der Waals surface area contributed by atoms with Crippen LogP contribution in [0.1, 0.15) is 36.2 Å². The Morgan fingerprint density at radius 3 is 2.85 bits per heavy atom. The number of amides is 1. The van der Waals surface area contributed by atoms with Gasteiger partial charge in [-0.3, -0.25) is 9.69 Å². The summed E-state index contributed by atoms with van der Waals surface area (Å²) in [5, 5.41) is 3.21. The predicted octanol–water partition coefficient (Wildman–Crippen LogP) is 3.12. The van der Waals surface area contributed by atoms with Crippen molar-refractivity contribution in [2.75, 3.05) is 6.54 Å². The van der Waals surface area contributed by atoms with Gasteiger partial charge in [0.2, 0.25) is 0 Å². The first-order valence-corrected chi connectivity index (χ1v) is 9.04. The SMILES string of the molecule is CC1(C)CC(NC(=O)c2ccc3nccn3c2)CN1Cc1ccccc1. The second-order valence-corrected chi connectivity index (χ2v) is 7.66. The molecule has 0 saturated carbocycles. The van der Waals surface area contributed by atoms with Crippen molar-refractivity contribution < 1.29 is 4.79 Å². The Bertz CT molecular complexity index is 916. The molecule has 1 saturated heterocycles. The van der Waals surface area contributed by atoms with E-state index in [9.17, 15) is 4.79 Å². The fourth-order valence-corrected chi connectivity index (χ4v) is 3.81. The molecule has 0 spiro atoms. The van der Waals surface area contributed by atoms with Crippen molar-refractivity contribution in [3.63, 3.8) is 0 Å². The van der Waals surface area contributed by atoms with Gasteiger partial charge in [-0.15, -0.1) is 0 Å². The lowest BCUT2D eigenvalue weighted by Gasteiger charge is -2.31. The molecule has 0 radical (unpaired) electrons. The zero-order chi connectivity index (χ0) is 18.1. The summed E-state index contributed by atoms with van der Waals surface area (Å²) in [4.78, 5) is 19.3. The van der Waals surface area contributed by atoms with E-state index in [1.54, 1.807) is 6.20 Å². The van der Waals surface area contributed by atoms with E-state index in [2.05, 4.69) is 53.3 Å². The van der Waals surface area contributed by atoms with Crippen LogP contribution in [0, 0.1) is 0 Å². The molecular weight excluding hydrogens is 324 g/mol. The zero-order valence-electron chi connectivity index (χ0n) is 15.2. The molecule has 1 amide bonds. The number of rotatable bonds is 4. The van der Waals surface area contributed by atoms with Crippen molar-refractivity contribution in [3.8, 4) is 0 Å². The Hall–Kier alpha value is -2.66. The minimum absolute atomic E-state index is 0.0250. The maximum atomic E-state index is 12.7. The Labute approximate surface area is 153 Å². The second-order valence-electron chi connectivity index (χ2n) is 7.66. The van der Waals surface area contributed by atoms with Gasteiger partial charge in [-0.2, -0.15) is 0 Å². The van der Waals surface area contributed by atoms with E-state index in [-0.39, 0.29) is 17.5 Å². The van der Waals surface area contributed by atoms with Crippen LogP contribution in [-0.4, -0.2) is 38.3 Å². The lowest BCUT2D eigenvalue weighted by atomic mass is 9.99. The van der Waals surface area contributed by atoms with Gasteiger partial charge >= 0.3 is 0 Å². The standard InChI is InChI=1S/C21H24N4O/c1-21(2)12-18(15-25(21)13-16-6-4-3-5-7-16)23-20(26)17-8-9-19-22-10-11-24(19)14-17/h3-11,14,18H,12-13,15H2,1-2H3,(H,23,26). The highest BCUT2D eigenvalue weighted by Crippen LogP contribution is 2.30. The number of fused-ring (bicyclic) bond motifs is 1. The third-order valence-corrected chi connectivity index (χ3v) is 5.25. The number of pyridine rings is 1. The van der Waals surface area contributed by atoms with Crippen molar-refractivity contribution in [2.45, 2.75) is 38.4 Å². The van der Waals surface area contributed by atoms with E-state index in [0.29, 0.717) is 5.56 Å². The monoisotopic (exact) mass is 348 g/mol. The molecule has 5 nitrogen and oxygen atoms in total. The molecule has 0 bridgehead atoms. The number of hydrogen-bond acceptors (Lipinski definition) is 3. The van der Waals surface area contributed by atoms with Gasteiger partial charge < -0.3 is 9.72 Å². The first kappa shape index (κ1) is 16.8. The molecule has 1 aliphatic heterocycles. The van der Waals surface area contributed by atoms with Gasteiger partial charge in [-0.25, -0.2) is 4.98 Å². The molecule has 1 aromatic carbocycles. The van der Waals surface area contributed by atoms with Crippen LogP contribution in [0.5, 0.6) is 0 Å². The van der Waals surface area contributed by atoms with Crippen molar-refractivity contribution >= 4 is 11.6 Å². The highest BCUT2D eigenvalue weighted by molar-refractivity contribution is 5.94. The number of carbonyl (C=O) groups excluding carboxylic acids is 1. The Morgan fingerprint density at radius 1 is 1.23 bits per heavy atom. The summed E-state index contributed by atoms with van der Waals surface area (Å²) in [5.74, 6) is -0.0250. The minimum Gasteiger partial charge on any atom is -0.348 e. The highest BCUT2D eigenvalue weighted by Gasteiger charge is 2.38. The van der Waals surface area contributed by atoms with Gasteiger partial charge in [0.15, 0.2) is 0 Å². The lowest BCUT2D eigenvalue weighted by Crippen LogP contribution is -2.38. The first-order valence-electron chi connectivity index (χ1n) is 9.04. The Balaban J connectivity index is 1.44. The maximum absolute atomic E-state index is 12.7. The molecular formula is C21H24N4O. The van der Waals surface area contributed by atoms with E-state index in [1.807, 2.05) is 35.0 Å². The molecule has 2 aromatic heterocycles. The summed E-state index contributed by atoms with van der Waals surface area (Å²) in [6.45, 7) is 6.27. The molecule has 3 aromatic rings. The molecule has 1 fully saturated rings. The smallest absolute Gasteiger partial charge is 0.253 e. The number of carbonyl (C=O) groups is 1. The van der Waals surface area contributed by atoms with Crippen LogP contribution in [0.2, 0.25) is 0 Å². The van der Waals surface area contributed by atoms with Crippen LogP contribution in [0.25, 0.3) is 5.65 Å². The molecule has 1 unspecified atom stereocenters. The minimum atomic E-state index is -0.0250. The molecule has 5 heteroatoms. The zero-order valence-corrected chi connectivity index (χ0v) is 15.2. The predicted molar refractivity (Wildman–Crippen MR) is 102 cm³/mol. The number of nitrogens with one attached hydrogen (secondary N) is 1. The summed E-state index contributed by atoms with van der Waals surface area (Å²) in [6, 6.07) is 14.4. The van der Waals surface area contributed by atoms with Crippen LogP contribution < -0.4 is 5.32 Å². The van der Waals surface area contributed by atoms with E-state index < -0.39 is 0 Å². The number of aromatic nitrogens is 2. The molecule has 1 N–H and O–H groups in total. The number of likely N-dealkylation sites (tertiary alicyclic amines) is 1. The normalized spacial score (nSPS) is 19.7. The summed E-state index contributed by atoms with van der Waals surface area (Å²) < 4.78 is 1.87. The maximum Gasteiger partial charge on any atom is 0.253 e. The average Bonchev–Trinajstić information content (AvgIpc) is 3.19. The van der Waals surface area contributed by atoms with Gasteiger partial charge in [-0.1, -0.05) is 30.3 Å². The highest BCUT2D eigenvalue weighted by atomic mass is 16.1. The topological polar surface area (TPSA) is 49.6 Å². The number of hydrogen-bond donors (Lipinski definition) is 1. The Kier molecular flexibility index (Phi) is 4.24. The average molecular weight is 348 g/mol. The van der Waals surface area contributed by atoms with Crippen molar-refractivity contribution in [1.82, 2.24) is 19.6 Å². The van der Waals surface area contributed by atoms with E-state index in [4.69, 9.17) is 0 Å². The molecule has 4 rings (SSSR count). The van der Waals surface area contributed by atoms with Crippen LogP contribution >= 0.6 is 0 Å². The summed E-state index contributed by atoms with van der Waals surface area (Å²) in [7, 11) is 0. The third kappa shape index (κ3) is 3.35. The first-order chi connectivity index (χ1) is 12.5. The molecule has 3 heterocycles.